The Morgan fingerprint density at radius 3 is 2.60 bits per heavy atom. The molecule has 1 aliphatic heterocycles. The molecule has 4 nitrogen and oxygen atoms in total. The lowest BCUT2D eigenvalue weighted by atomic mass is 9.93. The topological polar surface area (TPSA) is 47.6 Å². The number of nitrogens with one attached hydrogen (secondary N) is 1. The molecular formula is C21H23NO3. The molecule has 1 fully saturated rings. The summed E-state index contributed by atoms with van der Waals surface area (Å²) in [6.45, 7) is 5.28. The number of aryl methyl sites for hydroxylation is 2. The van der Waals surface area contributed by atoms with Gasteiger partial charge in [-0.15, -0.1) is 0 Å². The van der Waals surface area contributed by atoms with E-state index in [1.54, 1.807) is 0 Å². The van der Waals surface area contributed by atoms with E-state index in [4.69, 9.17) is 9.47 Å². The maximum absolute atomic E-state index is 13.1. The zero-order chi connectivity index (χ0) is 17.4. The van der Waals surface area contributed by atoms with Crippen LogP contribution in [0.25, 0.3) is 0 Å². The molecule has 0 saturated heterocycles. The number of amides is 1. The van der Waals surface area contributed by atoms with Gasteiger partial charge >= 0.3 is 0 Å². The van der Waals surface area contributed by atoms with Crippen LogP contribution in [-0.4, -0.2) is 19.1 Å². The van der Waals surface area contributed by atoms with Crippen molar-refractivity contribution in [3.8, 4) is 11.5 Å². The van der Waals surface area contributed by atoms with Crippen molar-refractivity contribution in [2.75, 3.05) is 18.5 Å². The first-order chi connectivity index (χ1) is 12.1. The minimum atomic E-state index is -0.441. The summed E-state index contributed by atoms with van der Waals surface area (Å²) in [5.41, 5.74) is 3.81. The number of rotatable bonds is 4. The van der Waals surface area contributed by atoms with E-state index in [2.05, 4.69) is 18.3 Å². The number of hydrogen-bond acceptors (Lipinski definition) is 3. The number of carbonyl (C=O) groups is 1. The standard InChI is InChI=1S/C21H23NO3/c1-3-15-6-4-5-14(2)19(15)22-20(23)21(9-10-21)16-7-8-17-18(13-16)25-12-11-24-17/h4-8,13H,3,9-12H2,1-2H3,(H,22,23). The summed E-state index contributed by atoms with van der Waals surface area (Å²) in [7, 11) is 0. The summed E-state index contributed by atoms with van der Waals surface area (Å²) in [4.78, 5) is 13.1. The second kappa shape index (κ2) is 6.10. The van der Waals surface area contributed by atoms with Gasteiger partial charge in [0.15, 0.2) is 11.5 Å². The summed E-state index contributed by atoms with van der Waals surface area (Å²) in [6, 6.07) is 12.0. The first-order valence-corrected chi connectivity index (χ1v) is 8.94. The van der Waals surface area contributed by atoms with Gasteiger partial charge in [-0.25, -0.2) is 0 Å². The van der Waals surface area contributed by atoms with Gasteiger partial charge in [0, 0.05) is 5.69 Å². The number of anilines is 1. The van der Waals surface area contributed by atoms with Crippen LogP contribution in [0.2, 0.25) is 0 Å². The number of fused-ring (bicyclic) bond motifs is 1. The normalized spacial score (nSPS) is 17.0. The summed E-state index contributed by atoms with van der Waals surface area (Å²) >= 11 is 0. The van der Waals surface area contributed by atoms with Gasteiger partial charge in [0.1, 0.15) is 13.2 Å². The highest BCUT2D eigenvalue weighted by Gasteiger charge is 2.51. The molecule has 0 unspecified atom stereocenters. The van der Waals surface area contributed by atoms with Crippen molar-refractivity contribution < 1.29 is 14.3 Å². The largest absolute Gasteiger partial charge is 0.486 e. The van der Waals surface area contributed by atoms with Gasteiger partial charge in [-0.05, 0) is 55.0 Å². The molecule has 1 saturated carbocycles. The Bertz CT molecular complexity index is 824. The highest BCUT2D eigenvalue weighted by Crippen LogP contribution is 2.51. The smallest absolute Gasteiger partial charge is 0.235 e. The van der Waals surface area contributed by atoms with E-state index in [1.807, 2.05) is 37.3 Å². The van der Waals surface area contributed by atoms with Crippen LogP contribution in [0.15, 0.2) is 36.4 Å². The Hall–Kier alpha value is -2.49. The lowest BCUT2D eigenvalue weighted by molar-refractivity contribution is -0.118. The zero-order valence-electron chi connectivity index (χ0n) is 14.7. The molecule has 0 bridgehead atoms. The zero-order valence-corrected chi connectivity index (χ0v) is 14.7. The molecule has 4 rings (SSSR count). The first-order valence-electron chi connectivity index (χ1n) is 8.94. The van der Waals surface area contributed by atoms with Crippen LogP contribution in [-0.2, 0) is 16.6 Å². The average molecular weight is 337 g/mol. The fraction of sp³-hybridized carbons (Fsp3) is 0.381. The third-order valence-electron chi connectivity index (χ3n) is 5.26. The van der Waals surface area contributed by atoms with Crippen molar-refractivity contribution in [2.45, 2.75) is 38.5 Å². The van der Waals surface area contributed by atoms with Crippen molar-refractivity contribution in [3.05, 3.63) is 53.1 Å². The Kier molecular flexibility index (Phi) is 3.91. The molecule has 4 heteroatoms. The van der Waals surface area contributed by atoms with Crippen molar-refractivity contribution in [1.82, 2.24) is 0 Å². The molecular weight excluding hydrogens is 314 g/mol. The van der Waals surface area contributed by atoms with Crippen molar-refractivity contribution in [1.29, 1.82) is 0 Å². The van der Waals surface area contributed by atoms with Crippen LogP contribution < -0.4 is 14.8 Å². The Morgan fingerprint density at radius 1 is 1.12 bits per heavy atom. The van der Waals surface area contributed by atoms with E-state index >= 15 is 0 Å². The van der Waals surface area contributed by atoms with Gasteiger partial charge in [-0.1, -0.05) is 31.2 Å². The molecule has 1 N–H and O–H groups in total. The highest BCUT2D eigenvalue weighted by molar-refractivity contribution is 6.02. The molecule has 0 atom stereocenters. The van der Waals surface area contributed by atoms with E-state index in [-0.39, 0.29) is 5.91 Å². The number of benzene rings is 2. The average Bonchev–Trinajstić information content (AvgIpc) is 3.45. The van der Waals surface area contributed by atoms with Crippen LogP contribution >= 0.6 is 0 Å². The number of para-hydroxylation sites is 1. The molecule has 1 amide bonds. The summed E-state index contributed by atoms with van der Waals surface area (Å²) in [5, 5.41) is 3.20. The van der Waals surface area contributed by atoms with E-state index in [0.29, 0.717) is 13.2 Å². The van der Waals surface area contributed by atoms with Crippen LogP contribution in [0.5, 0.6) is 11.5 Å². The summed E-state index contributed by atoms with van der Waals surface area (Å²) < 4.78 is 11.3. The first kappa shape index (κ1) is 16.0. The van der Waals surface area contributed by atoms with E-state index in [0.717, 1.165) is 47.6 Å². The van der Waals surface area contributed by atoms with Gasteiger partial charge in [-0.2, -0.15) is 0 Å². The molecule has 1 heterocycles. The number of ether oxygens (including phenoxy) is 2. The summed E-state index contributed by atoms with van der Waals surface area (Å²) in [6.07, 6.45) is 2.63. The maximum atomic E-state index is 13.1. The van der Waals surface area contributed by atoms with Crippen LogP contribution in [0, 0.1) is 6.92 Å². The Morgan fingerprint density at radius 2 is 1.88 bits per heavy atom. The minimum absolute atomic E-state index is 0.0770. The SMILES string of the molecule is CCc1cccc(C)c1NC(=O)C1(c2ccc3c(c2)OCCO3)CC1. The fourth-order valence-electron chi connectivity index (χ4n) is 3.55. The predicted molar refractivity (Wildman–Crippen MR) is 97.5 cm³/mol. The van der Waals surface area contributed by atoms with E-state index in [9.17, 15) is 4.79 Å². The third kappa shape index (κ3) is 2.76. The van der Waals surface area contributed by atoms with Crippen LogP contribution in [0.4, 0.5) is 5.69 Å². The van der Waals surface area contributed by atoms with Gasteiger partial charge in [0.05, 0.1) is 5.41 Å². The molecule has 2 aromatic rings. The molecule has 0 aromatic heterocycles. The van der Waals surface area contributed by atoms with Gasteiger partial charge in [0.2, 0.25) is 5.91 Å². The van der Waals surface area contributed by atoms with E-state index < -0.39 is 5.41 Å². The predicted octanol–water partition coefficient (Wildman–Crippen LogP) is 4.00. The molecule has 0 spiro atoms. The van der Waals surface area contributed by atoms with Crippen LogP contribution in [0.3, 0.4) is 0 Å². The van der Waals surface area contributed by atoms with Crippen molar-refractivity contribution in [2.24, 2.45) is 0 Å². The molecule has 25 heavy (non-hydrogen) atoms. The van der Waals surface area contributed by atoms with Crippen molar-refractivity contribution in [3.63, 3.8) is 0 Å². The lowest BCUT2D eigenvalue weighted by Crippen LogP contribution is -2.29. The Balaban J connectivity index is 1.62. The second-order valence-corrected chi connectivity index (χ2v) is 6.86. The number of carbonyl (C=O) groups excluding carboxylic acids is 1. The van der Waals surface area contributed by atoms with Crippen molar-refractivity contribution >= 4 is 11.6 Å². The molecule has 130 valence electrons. The van der Waals surface area contributed by atoms with Crippen LogP contribution in [0.1, 0.15) is 36.5 Å². The third-order valence-corrected chi connectivity index (χ3v) is 5.26. The van der Waals surface area contributed by atoms with E-state index in [1.165, 1.54) is 5.56 Å². The summed E-state index contributed by atoms with van der Waals surface area (Å²) in [5.74, 6) is 1.58. The Labute approximate surface area is 148 Å². The minimum Gasteiger partial charge on any atom is -0.486 e. The highest BCUT2D eigenvalue weighted by atomic mass is 16.6. The molecule has 0 radical (unpaired) electrons. The maximum Gasteiger partial charge on any atom is 0.235 e. The van der Waals surface area contributed by atoms with Gasteiger partial charge in [-0.3, -0.25) is 4.79 Å². The quantitative estimate of drug-likeness (QED) is 0.917. The molecule has 2 aromatic carbocycles. The monoisotopic (exact) mass is 337 g/mol. The lowest BCUT2D eigenvalue weighted by Gasteiger charge is -2.22. The second-order valence-electron chi connectivity index (χ2n) is 6.86. The molecule has 2 aliphatic rings. The molecule has 1 aliphatic carbocycles. The number of hydrogen-bond donors (Lipinski definition) is 1. The van der Waals surface area contributed by atoms with Gasteiger partial charge < -0.3 is 14.8 Å². The van der Waals surface area contributed by atoms with Gasteiger partial charge in [0.25, 0.3) is 0 Å². The fourth-order valence-corrected chi connectivity index (χ4v) is 3.55.